The van der Waals surface area contributed by atoms with Gasteiger partial charge in [0.2, 0.25) is 0 Å². The van der Waals surface area contributed by atoms with Gasteiger partial charge in [-0.3, -0.25) is 9.10 Å². The molecule has 5 rings (SSSR count). The number of rotatable bonds is 7. The van der Waals surface area contributed by atoms with Crippen LogP contribution in [-0.2, 0) is 16.6 Å². The molecule has 8 heteroatoms. The molecule has 0 N–H and O–H groups in total. The fraction of sp³-hybridized carbons (Fsp3) is 0.167. The molecule has 38 heavy (non-hydrogen) atoms. The van der Waals surface area contributed by atoms with Crippen LogP contribution in [0.25, 0.3) is 0 Å². The summed E-state index contributed by atoms with van der Waals surface area (Å²) in [4.78, 5) is 17.5. The summed E-state index contributed by atoms with van der Waals surface area (Å²) in [6, 6.07) is 32.6. The number of carbonyl (C=O) groups excluding carboxylic acids is 1. The maximum atomic E-state index is 13.7. The lowest BCUT2D eigenvalue weighted by Gasteiger charge is -2.36. The second-order valence-electron chi connectivity index (χ2n) is 9.12. The molecule has 0 bridgehead atoms. The molecule has 1 amide bonds. The molecule has 4 aromatic rings. The van der Waals surface area contributed by atoms with Gasteiger partial charge < -0.3 is 9.80 Å². The highest BCUT2D eigenvalue weighted by Crippen LogP contribution is 2.28. The van der Waals surface area contributed by atoms with Crippen molar-refractivity contribution >= 4 is 38.9 Å². The van der Waals surface area contributed by atoms with E-state index in [2.05, 4.69) is 17.0 Å². The second-order valence-corrected chi connectivity index (χ2v) is 11.4. The number of benzene rings is 4. The van der Waals surface area contributed by atoms with E-state index >= 15 is 0 Å². The zero-order chi connectivity index (χ0) is 26.5. The quantitative estimate of drug-likeness (QED) is 0.299. The highest BCUT2D eigenvalue weighted by molar-refractivity contribution is 7.92. The van der Waals surface area contributed by atoms with E-state index < -0.39 is 10.0 Å². The summed E-state index contributed by atoms with van der Waals surface area (Å²) in [6.07, 6.45) is 0. The molecule has 0 aromatic heterocycles. The molecule has 0 aliphatic carbocycles. The highest BCUT2D eigenvalue weighted by Gasteiger charge is 2.27. The van der Waals surface area contributed by atoms with Crippen molar-refractivity contribution in [2.24, 2.45) is 0 Å². The Labute approximate surface area is 228 Å². The van der Waals surface area contributed by atoms with Crippen LogP contribution in [0, 0.1) is 0 Å². The summed E-state index contributed by atoms with van der Waals surface area (Å²) in [6.45, 7) is 2.91. The molecule has 1 saturated heterocycles. The van der Waals surface area contributed by atoms with Gasteiger partial charge in [0.25, 0.3) is 15.9 Å². The van der Waals surface area contributed by atoms with Crippen LogP contribution < -0.4 is 9.21 Å². The van der Waals surface area contributed by atoms with Crippen molar-refractivity contribution in [3.63, 3.8) is 0 Å². The molecule has 1 heterocycles. The van der Waals surface area contributed by atoms with E-state index in [1.807, 2.05) is 53.4 Å². The molecule has 6 nitrogen and oxygen atoms in total. The van der Waals surface area contributed by atoms with Crippen molar-refractivity contribution in [1.29, 1.82) is 0 Å². The first kappa shape index (κ1) is 25.8. The standard InChI is InChI=1S/C30H28ClN3O3S/c31-26-10-7-13-29(22-26)38(36,37)34(23-24-8-3-1-4-9-24)28-16-14-25(15-17-28)30(35)33-20-18-32(19-21-33)27-11-5-2-6-12-27/h1-17,22H,18-21,23H2. The molecular formula is C30H28ClN3O3S. The number of piperazine rings is 1. The fourth-order valence-corrected chi connectivity index (χ4v) is 6.33. The van der Waals surface area contributed by atoms with Gasteiger partial charge in [-0.2, -0.15) is 0 Å². The van der Waals surface area contributed by atoms with E-state index in [0.717, 1.165) is 24.3 Å². The minimum atomic E-state index is -3.91. The average Bonchev–Trinajstić information content (AvgIpc) is 2.97. The minimum absolute atomic E-state index is 0.0587. The summed E-state index contributed by atoms with van der Waals surface area (Å²) in [5.74, 6) is -0.0587. The second kappa shape index (κ2) is 11.3. The van der Waals surface area contributed by atoms with Gasteiger partial charge in [-0.1, -0.05) is 66.2 Å². The fourth-order valence-electron chi connectivity index (χ4n) is 4.58. The molecule has 1 fully saturated rings. The van der Waals surface area contributed by atoms with Crippen molar-refractivity contribution in [3.05, 3.63) is 125 Å². The number of amides is 1. The number of para-hydroxylation sites is 1. The van der Waals surface area contributed by atoms with Crippen LogP contribution in [0.1, 0.15) is 15.9 Å². The number of nitrogens with zero attached hydrogens (tertiary/aromatic N) is 3. The van der Waals surface area contributed by atoms with Crippen molar-refractivity contribution < 1.29 is 13.2 Å². The third-order valence-electron chi connectivity index (χ3n) is 6.64. The Balaban J connectivity index is 1.36. The Kier molecular flexibility index (Phi) is 7.67. The van der Waals surface area contributed by atoms with Gasteiger partial charge in [0.05, 0.1) is 17.1 Å². The van der Waals surface area contributed by atoms with E-state index in [1.54, 1.807) is 36.4 Å². The first-order chi connectivity index (χ1) is 18.4. The van der Waals surface area contributed by atoms with Gasteiger partial charge in [-0.15, -0.1) is 0 Å². The van der Waals surface area contributed by atoms with Crippen LogP contribution in [0.2, 0.25) is 5.02 Å². The Bertz CT molecular complexity index is 1490. The predicted octanol–water partition coefficient (Wildman–Crippen LogP) is 5.70. The Morgan fingerprint density at radius 2 is 1.39 bits per heavy atom. The Morgan fingerprint density at radius 1 is 0.763 bits per heavy atom. The van der Waals surface area contributed by atoms with Crippen LogP contribution in [-0.4, -0.2) is 45.4 Å². The normalized spacial score (nSPS) is 13.8. The molecule has 0 atom stereocenters. The maximum absolute atomic E-state index is 13.7. The first-order valence-corrected chi connectivity index (χ1v) is 14.3. The molecule has 4 aromatic carbocycles. The van der Waals surface area contributed by atoms with Crippen LogP contribution in [0.15, 0.2) is 114 Å². The van der Waals surface area contributed by atoms with Gasteiger partial charge in [-0.25, -0.2) is 8.42 Å². The minimum Gasteiger partial charge on any atom is -0.368 e. The van der Waals surface area contributed by atoms with Crippen LogP contribution in [0.5, 0.6) is 0 Å². The maximum Gasteiger partial charge on any atom is 0.264 e. The lowest BCUT2D eigenvalue weighted by Crippen LogP contribution is -2.48. The van der Waals surface area contributed by atoms with Crippen molar-refractivity contribution in [2.75, 3.05) is 35.4 Å². The predicted molar refractivity (Wildman–Crippen MR) is 152 cm³/mol. The third kappa shape index (κ3) is 5.69. The molecular weight excluding hydrogens is 518 g/mol. The van der Waals surface area contributed by atoms with E-state index in [-0.39, 0.29) is 17.3 Å². The molecule has 1 aliphatic rings. The van der Waals surface area contributed by atoms with E-state index in [9.17, 15) is 13.2 Å². The van der Waals surface area contributed by atoms with E-state index in [0.29, 0.717) is 29.4 Å². The molecule has 0 spiro atoms. The zero-order valence-corrected chi connectivity index (χ0v) is 22.4. The number of sulfonamides is 1. The molecule has 0 unspecified atom stereocenters. The molecule has 0 radical (unpaired) electrons. The molecule has 0 saturated carbocycles. The average molecular weight is 546 g/mol. The summed E-state index contributed by atoms with van der Waals surface area (Å²) in [7, 11) is -3.91. The van der Waals surface area contributed by atoms with Gasteiger partial charge in [0.1, 0.15) is 0 Å². The monoisotopic (exact) mass is 545 g/mol. The number of carbonyl (C=O) groups is 1. The molecule has 1 aliphatic heterocycles. The van der Waals surface area contributed by atoms with Crippen LogP contribution in [0.4, 0.5) is 11.4 Å². The van der Waals surface area contributed by atoms with Gasteiger partial charge in [0, 0.05) is 42.5 Å². The van der Waals surface area contributed by atoms with Crippen molar-refractivity contribution in [1.82, 2.24) is 4.90 Å². The van der Waals surface area contributed by atoms with Gasteiger partial charge >= 0.3 is 0 Å². The highest BCUT2D eigenvalue weighted by atomic mass is 35.5. The SMILES string of the molecule is O=C(c1ccc(N(Cc2ccccc2)S(=O)(=O)c2cccc(Cl)c2)cc1)N1CCN(c2ccccc2)CC1. The molecule has 194 valence electrons. The first-order valence-electron chi connectivity index (χ1n) is 12.4. The van der Waals surface area contributed by atoms with E-state index in [4.69, 9.17) is 11.6 Å². The lowest BCUT2D eigenvalue weighted by molar-refractivity contribution is 0.0747. The Hall–Kier alpha value is -3.81. The number of hydrogen-bond acceptors (Lipinski definition) is 4. The largest absolute Gasteiger partial charge is 0.368 e. The number of halogens is 1. The summed E-state index contributed by atoms with van der Waals surface area (Å²) >= 11 is 6.11. The van der Waals surface area contributed by atoms with Crippen LogP contribution >= 0.6 is 11.6 Å². The van der Waals surface area contributed by atoms with Crippen molar-refractivity contribution in [2.45, 2.75) is 11.4 Å². The zero-order valence-electron chi connectivity index (χ0n) is 20.8. The summed E-state index contributed by atoms with van der Waals surface area (Å²) < 4.78 is 28.7. The van der Waals surface area contributed by atoms with Gasteiger partial charge in [0.15, 0.2) is 0 Å². The lowest BCUT2D eigenvalue weighted by atomic mass is 10.1. The number of hydrogen-bond donors (Lipinski definition) is 0. The number of anilines is 2. The van der Waals surface area contributed by atoms with Gasteiger partial charge in [-0.05, 0) is 60.2 Å². The van der Waals surface area contributed by atoms with Crippen molar-refractivity contribution in [3.8, 4) is 0 Å². The van der Waals surface area contributed by atoms with E-state index in [1.165, 1.54) is 16.4 Å². The smallest absolute Gasteiger partial charge is 0.264 e. The topological polar surface area (TPSA) is 60.9 Å². The van der Waals surface area contributed by atoms with Crippen LogP contribution in [0.3, 0.4) is 0 Å². The summed E-state index contributed by atoms with van der Waals surface area (Å²) in [5.41, 5.74) is 3.00. The Morgan fingerprint density at radius 3 is 2.03 bits per heavy atom. The summed E-state index contributed by atoms with van der Waals surface area (Å²) in [5, 5.41) is 0.346. The third-order valence-corrected chi connectivity index (χ3v) is 8.65.